The molecule has 0 bridgehead atoms. The summed E-state index contributed by atoms with van der Waals surface area (Å²) < 4.78 is 0. The monoisotopic (exact) mass is 192 g/mol. The molecule has 14 heavy (non-hydrogen) atoms. The average molecular weight is 192 g/mol. The van der Waals surface area contributed by atoms with Gasteiger partial charge in [0.1, 0.15) is 0 Å². The summed E-state index contributed by atoms with van der Waals surface area (Å²) in [6, 6.07) is 0. The lowest BCUT2D eigenvalue weighted by Crippen LogP contribution is -2.24. The van der Waals surface area contributed by atoms with Crippen LogP contribution in [0, 0.1) is 0 Å². The largest absolute Gasteiger partial charge is 0.325 e. The van der Waals surface area contributed by atoms with E-state index in [9.17, 15) is 9.59 Å². The third kappa shape index (κ3) is 1.69. The smallest absolute Gasteiger partial charge is 0.314 e. The van der Waals surface area contributed by atoms with Gasteiger partial charge in [-0.2, -0.15) is 0 Å². The molecule has 4 nitrogen and oxygen atoms in total. The lowest BCUT2D eigenvalue weighted by Gasteiger charge is -2.11. The summed E-state index contributed by atoms with van der Waals surface area (Å²) in [6.45, 7) is 0. The van der Waals surface area contributed by atoms with Crippen LogP contribution in [0.3, 0.4) is 0 Å². The first-order chi connectivity index (χ1) is 6.77. The molecule has 1 heterocycles. The minimum Gasteiger partial charge on any atom is -0.314 e. The summed E-state index contributed by atoms with van der Waals surface area (Å²) in [7, 11) is 0. The highest BCUT2D eigenvalue weighted by molar-refractivity contribution is 5.64. The molecule has 0 amide bonds. The molecule has 0 spiro atoms. The third-order valence-corrected chi connectivity index (χ3v) is 2.46. The maximum Gasteiger partial charge on any atom is 0.325 e. The highest BCUT2D eigenvalue weighted by atomic mass is 16.2. The minimum absolute atomic E-state index is 0.290. The van der Waals surface area contributed by atoms with Gasteiger partial charge in [0.2, 0.25) is 0 Å². The summed E-state index contributed by atoms with van der Waals surface area (Å²) >= 11 is 0. The van der Waals surface area contributed by atoms with E-state index in [1.807, 2.05) is 0 Å². The van der Waals surface area contributed by atoms with Gasteiger partial charge in [0.25, 0.3) is 5.56 Å². The van der Waals surface area contributed by atoms with Crippen molar-refractivity contribution in [2.75, 3.05) is 0 Å². The van der Waals surface area contributed by atoms with Crippen LogP contribution in [-0.4, -0.2) is 9.97 Å². The van der Waals surface area contributed by atoms with Crippen LogP contribution < -0.4 is 11.2 Å². The Labute approximate surface area is 80.7 Å². The first kappa shape index (κ1) is 8.99. The van der Waals surface area contributed by atoms with Crippen LogP contribution in [0.15, 0.2) is 21.9 Å². The van der Waals surface area contributed by atoms with Crippen LogP contribution in [0.1, 0.15) is 31.2 Å². The Hall–Kier alpha value is -1.58. The van der Waals surface area contributed by atoms with Crippen molar-refractivity contribution in [3.8, 4) is 0 Å². The van der Waals surface area contributed by atoms with Crippen molar-refractivity contribution in [1.82, 2.24) is 9.97 Å². The van der Waals surface area contributed by atoms with Gasteiger partial charge in [-0.3, -0.25) is 9.78 Å². The van der Waals surface area contributed by atoms with E-state index in [1.165, 1.54) is 12.6 Å². The number of rotatable bonds is 1. The van der Waals surface area contributed by atoms with Gasteiger partial charge < -0.3 is 4.98 Å². The number of nitrogens with one attached hydrogen (secondary N) is 2. The Morgan fingerprint density at radius 2 is 2.07 bits per heavy atom. The Morgan fingerprint density at radius 1 is 1.21 bits per heavy atom. The second-order valence-corrected chi connectivity index (χ2v) is 3.46. The predicted octanol–water partition coefficient (Wildman–Crippen LogP) is 1.02. The normalized spacial score (nSPS) is 16.4. The van der Waals surface area contributed by atoms with Crippen molar-refractivity contribution in [2.45, 2.75) is 25.7 Å². The van der Waals surface area contributed by atoms with Crippen molar-refractivity contribution in [2.24, 2.45) is 0 Å². The maximum absolute atomic E-state index is 11.4. The molecule has 1 aromatic heterocycles. The Bertz CT molecular complexity index is 468. The lowest BCUT2D eigenvalue weighted by molar-refractivity contribution is 0.740. The predicted molar refractivity (Wildman–Crippen MR) is 54.1 cm³/mol. The Balaban J connectivity index is 2.46. The first-order valence-corrected chi connectivity index (χ1v) is 4.79. The van der Waals surface area contributed by atoms with Crippen molar-refractivity contribution in [3.63, 3.8) is 0 Å². The zero-order valence-corrected chi connectivity index (χ0v) is 7.80. The zero-order valence-electron chi connectivity index (χ0n) is 7.80. The minimum atomic E-state index is -0.449. The van der Waals surface area contributed by atoms with Crippen LogP contribution in [-0.2, 0) is 0 Å². The van der Waals surface area contributed by atoms with Gasteiger partial charge in [0.05, 0.1) is 5.56 Å². The topological polar surface area (TPSA) is 65.7 Å². The van der Waals surface area contributed by atoms with Gasteiger partial charge >= 0.3 is 5.69 Å². The Morgan fingerprint density at radius 3 is 2.71 bits per heavy atom. The molecule has 0 saturated heterocycles. The number of hydrogen-bond donors (Lipinski definition) is 2. The lowest BCUT2D eigenvalue weighted by atomic mass is 9.95. The summed E-state index contributed by atoms with van der Waals surface area (Å²) in [6.07, 6.45) is 7.82. The first-order valence-electron chi connectivity index (χ1n) is 4.79. The van der Waals surface area contributed by atoms with E-state index in [-0.39, 0.29) is 5.56 Å². The molecule has 74 valence electrons. The van der Waals surface area contributed by atoms with Crippen LogP contribution in [0.4, 0.5) is 0 Å². The maximum atomic E-state index is 11.4. The quantitative estimate of drug-likeness (QED) is 0.697. The number of allylic oxidation sites excluding steroid dienone is 2. The van der Waals surface area contributed by atoms with Crippen LogP contribution >= 0.6 is 0 Å². The standard InChI is InChI=1S/C10H12N2O2/c13-9-8(6-11-10(14)12-9)7-4-2-1-3-5-7/h4,6H,1-3,5H2,(H2,11,12,13,14). The van der Waals surface area contributed by atoms with Crippen LogP contribution in [0.5, 0.6) is 0 Å². The molecule has 0 fully saturated rings. The molecular formula is C10H12N2O2. The molecule has 0 saturated carbocycles. The van der Waals surface area contributed by atoms with Gasteiger partial charge in [-0.05, 0) is 31.3 Å². The van der Waals surface area contributed by atoms with E-state index in [2.05, 4.69) is 16.0 Å². The summed E-state index contributed by atoms with van der Waals surface area (Å²) in [5, 5.41) is 0. The average Bonchev–Trinajstić information content (AvgIpc) is 2.19. The molecule has 4 heteroatoms. The fraction of sp³-hybridized carbons (Fsp3) is 0.400. The van der Waals surface area contributed by atoms with Crippen LogP contribution in [0.2, 0.25) is 0 Å². The van der Waals surface area contributed by atoms with Gasteiger partial charge in [0, 0.05) is 6.20 Å². The van der Waals surface area contributed by atoms with Crippen molar-refractivity contribution in [3.05, 3.63) is 38.7 Å². The van der Waals surface area contributed by atoms with Gasteiger partial charge in [-0.1, -0.05) is 6.08 Å². The van der Waals surface area contributed by atoms with Crippen molar-refractivity contribution in [1.29, 1.82) is 0 Å². The molecule has 1 aliphatic carbocycles. The van der Waals surface area contributed by atoms with E-state index in [0.717, 1.165) is 24.8 Å². The van der Waals surface area contributed by atoms with Gasteiger partial charge in [-0.25, -0.2) is 4.79 Å². The second kappa shape index (κ2) is 3.65. The molecule has 0 atom stereocenters. The fourth-order valence-electron chi connectivity index (χ4n) is 1.73. The molecule has 1 aromatic rings. The van der Waals surface area contributed by atoms with Crippen LogP contribution in [0.25, 0.3) is 5.57 Å². The number of aromatic nitrogens is 2. The molecule has 2 N–H and O–H groups in total. The van der Waals surface area contributed by atoms with Crippen molar-refractivity contribution >= 4 is 5.57 Å². The number of aromatic amines is 2. The molecule has 0 aliphatic heterocycles. The molecule has 0 unspecified atom stereocenters. The van der Waals surface area contributed by atoms with Crippen molar-refractivity contribution < 1.29 is 0 Å². The molecule has 0 radical (unpaired) electrons. The van der Waals surface area contributed by atoms with E-state index in [1.54, 1.807) is 0 Å². The van der Waals surface area contributed by atoms with Gasteiger partial charge in [-0.15, -0.1) is 0 Å². The summed E-state index contributed by atoms with van der Waals surface area (Å²) in [5.74, 6) is 0. The van der Waals surface area contributed by atoms with E-state index < -0.39 is 5.69 Å². The van der Waals surface area contributed by atoms with E-state index in [4.69, 9.17) is 0 Å². The number of H-pyrrole nitrogens is 2. The third-order valence-electron chi connectivity index (χ3n) is 2.46. The second-order valence-electron chi connectivity index (χ2n) is 3.46. The molecule has 1 aliphatic rings. The fourth-order valence-corrected chi connectivity index (χ4v) is 1.73. The van der Waals surface area contributed by atoms with E-state index >= 15 is 0 Å². The summed E-state index contributed by atoms with van der Waals surface area (Å²) in [4.78, 5) is 26.9. The molecule has 0 aromatic carbocycles. The highest BCUT2D eigenvalue weighted by Crippen LogP contribution is 2.23. The molecule has 2 rings (SSSR count). The van der Waals surface area contributed by atoms with E-state index in [0.29, 0.717) is 5.56 Å². The number of hydrogen-bond acceptors (Lipinski definition) is 2. The Kier molecular flexibility index (Phi) is 2.35. The zero-order chi connectivity index (χ0) is 9.97. The summed E-state index contributed by atoms with van der Waals surface area (Å²) in [5.41, 5.74) is 0.912. The SMILES string of the molecule is O=c1[nH]cc(C2=CCCCC2)c(=O)[nH]1. The van der Waals surface area contributed by atoms with Gasteiger partial charge in [0.15, 0.2) is 0 Å². The molecular weight excluding hydrogens is 180 g/mol. The highest BCUT2D eigenvalue weighted by Gasteiger charge is 2.09.